The lowest BCUT2D eigenvalue weighted by molar-refractivity contribution is 0.0966. The summed E-state index contributed by atoms with van der Waals surface area (Å²) in [5.41, 5.74) is 1.80. The summed E-state index contributed by atoms with van der Waals surface area (Å²) in [6.45, 7) is 6.02. The molecule has 2 aliphatic rings. The summed E-state index contributed by atoms with van der Waals surface area (Å²) in [7, 11) is 0. The van der Waals surface area contributed by atoms with E-state index in [9.17, 15) is 4.79 Å². The first kappa shape index (κ1) is 20.9. The van der Waals surface area contributed by atoms with Crippen LogP contribution in [0.15, 0.2) is 24.4 Å². The summed E-state index contributed by atoms with van der Waals surface area (Å²) < 4.78 is 2.20. The largest absolute Gasteiger partial charge is 0.345 e. The maximum Gasteiger partial charge on any atom is 0.161 e. The van der Waals surface area contributed by atoms with Crippen molar-refractivity contribution in [2.75, 3.05) is 6.54 Å². The van der Waals surface area contributed by atoms with E-state index in [0.29, 0.717) is 0 Å². The van der Waals surface area contributed by atoms with Crippen LogP contribution >= 0.6 is 11.6 Å². The molecule has 0 unspecified atom stereocenters. The minimum atomic E-state index is 0.110. The third-order valence-corrected chi connectivity index (χ3v) is 7.55. The summed E-state index contributed by atoms with van der Waals surface area (Å²) >= 11 is 6.49. The van der Waals surface area contributed by atoms with Crippen molar-refractivity contribution in [1.82, 2.24) is 9.47 Å². The maximum atomic E-state index is 12.1. The molecule has 0 saturated carbocycles. The van der Waals surface area contributed by atoms with Crippen molar-refractivity contribution < 1.29 is 4.79 Å². The number of aromatic nitrogens is 1. The van der Waals surface area contributed by atoms with Crippen LogP contribution in [-0.2, 0) is 6.54 Å². The van der Waals surface area contributed by atoms with Crippen LogP contribution in [0.5, 0.6) is 0 Å². The van der Waals surface area contributed by atoms with Crippen LogP contribution in [-0.4, -0.2) is 33.9 Å². The number of halogens is 1. The Morgan fingerprint density at radius 3 is 2.55 bits per heavy atom. The summed E-state index contributed by atoms with van der Waals surface area (Å²) in [5, 5.41) is 1.72. The molecule has 3 heterocycles. The van der Waals surface area contributed by atoms with Crippen molar-refractivity contribution in [3.8, 4) is 0 Å². The van der Waals surface area contributed by atoms with Gasteiger partial charge in [0.1, 0.15) is 0 Å². The zero-order chi connectivity index (χ0) is 20.4. The highest BCUT2D eigenvalue weighted by atomic mass is 35.5. The van der Waals surface area contributed by atoms with E-state index < -0.39 is 0 Å². The third kappa shape index (κ3) is 4.41. The molecule has 0 amide bonds. The number of Topliss-reactive ketones (excluding diaryl/α,β-unsaturated/α-hetero) is 1. The second-order valence-electron chi connectivity index (χ2n) is 9.24. The fourth-order valence-electron chi connectivity index (χ4n) is 5.87. The van der Waals surface area contributed by atoms with Crippen LogP contribution in [0.4, 0.5) is 0 Å². The van der Waals surface area contributed by atoms with Crippen LogP contribution in [0.25, 0.3) is 10.9 Å². The van der Waals surface area contributed by atoms with E-state index in [0.717, 1.165) is 59.0 Å². The Morgan fingerprint density at radius 1 is 1.10 bits per heavy atom. The number of para-hydroxylation sites is 1. The van der Waals surface area contributed by atoms with Crippen LogP contribution in [0.1, 0.15) is 82.0 Å². The number of unbranched alkanes of at least 4 members (excludes halogenated alkanes) is 2. The van der Waals surface area contributed by atoms with E-state index in [1.54, 1.807) is 6.92 Å². The Kier molecular flexibility index (Phi) is 6.66. The molecular formula is C25H35ClN2O. The lowest BCUT2D eigenvalue weighted by Gasteiger charge is -2.39. The van der Waals surface area contributed by atoms with E-state index in [1.165, 1.54) is 51.4 Å². The topological polar surface area (TPSA) is 25.2 Å². The van der Waals surface area contributed by atoms with E-state index in [-0.39, 0.29) is 5.78 Å². The van der Waals surface area contributed by atoms with Crippen molar-refractivity contribution in [3.05, 3.63) is 35.0 Å². The van der Waals surface area contributed by atoms with Crippen LogP contribution in [0.3, 0.4) is 0 Å². The van der Waals surface area contributed by atoms with Gasteiger partial charge in [0.2, 0.25) is 0 Å². The van der Waals surface area contributed by atoms with Gasteiger partial charge in [-0.15, -0.1) is 0 Å². The van der Waals surface area contributed by atoms with Crippen LogP contribution in [0.2, 0.25) is 5.02 Å². The second kappa shape index (κ2) is 9.22. The Hall–Kier alpha value is -1.32. The van der Waals surface area contributed by atoms with Crippen molar-refractivity contribution in [2.24, 2.45) is 5.92 Å². The highest BCUT2D eigenvalue weighted by molar-refractivity contribution is 6.35. The van der Waals surface area contributed by atoms with E-state index in [2.05, 4.69) is 16.4 Å². The molecule has 158 valence electrons. The molecule has 3 atom stereocenters. The zero-order valence-electron chi connectivity index (χ0n) is 18.0. The van der Waals surface area contributed by atoms with Gasteiger partial charge in [0.05, 0.1) is 10.5 Å². The van der Waals surface area contributed by atoms with Gasteiger partial charge in [-0.25, -0.2) is 0 Å². The molecule has 2 aromatic rings. The number of hydrogen-bond acceptors (Lipinski definition) is 2. The summed E-state index contributed by atoms with van der Waals surface area (Å²) in [6, 6.07) is 7.48. The average molecular weight is 415 g/mol. The Balaban J connectivity index is 1.37. The minimum Gasteiger partial charge on any atom is -0.345 e. The molecule has 0 spiro atoms. The number of carbonyl (C=O) groups excluding carboxylic acids is 1. The number of fused-ring (bicyclic) bond motifs is 3. The lowest BCUT2D eigenvalue weighted by Crippen LogP contribution is -2.43. The van der Waals surface area contributed by atoms with Gasteiger partial charge in [0.25, 0.3) is 0 Å². The Morgan fingerprint density at radius 2 is 1.86 bits per heavy atom. The number of hydrogen-bond donors (Lipinski definition) is 0. The Bertz CT molecular complexity index is 844. The number of carbonyl (C=O) groups is 1. The lowest BCUT2D eigenvalue weighted by atomic mass is 9.86. The van der Waals surface area contributed by atoms with Gasteiger partial charge >= 0.3 is 0 Å². The fourth-order valence-corrected chi connectivity index (χ4v) is 6.15. The van der Waals surface area contributed by atoms with Crippen LogP contribution < -0.4 is 0 Å². The van der Waals surface area contributed by atoms with Crippen molar-refractivity contribution >= 4 is 28.3 Å². The van der Waals surface area contributed by atoms with Crippen molar-refractivity contribution in [1.29, 1.82) is 0 Å². The van der Waals surface area contributed by atoms with Crippen LogP contribution in [0, 0.1) is 5.92 Å². The van der Waals surface area contributed by atoms with Gasteiger partial charge in [-0.05, 0) is 51.0 Å². The zero-order valence-corrected chi connectivity index (χ0v) is 18.8. The molecule has 1 aromatic carbocycles. The average Bonchev–Trinajstić information content (AvgIpc) is 3.18. The quantitative estimate of drug-likeness (QED) is 0.336. The monoisotopic (exact) mass is 414 g/mol. The number of aryl methyl sites for hydroxylation is 1. The summed E-state index contributed by atoms with van der Waals surface area (Å²) in [6.07, 6.45) is 14.3. The molecule has 0 N–H and O–H groups in total. The molecule has 3 nitrogen and oxygen atoms in total. The molecule has 29 heavy (non-hydrogen) atoms. The number of ketones is 1. The molecular weight excluding hydrogens is 380 g/mol. The highest BCUT2D eigenvalue weighted by Crippen LogP contribution is 2.40. The maximum absolute atomic E-state index is 12.1. The molecule has 1 aromatic heterocycles. The molecule has 2 saturated heterocycles. The standard InChI is InChI=1S/C25H35ClN2O/c1-3-4-5-8-19-15-20-11-12-21(16-19)28(20)14-7-13-27-17-23(18(2)29)22-9-6-10-24(26)25(22)27/h6,9-10,17,19-21H,3-5,7-8,11-16H2,1-2H3/t19-,20+,21-. The smallest absolute Gasteiger partial charge is 0.161 e. The first-order valence-corrected chi connectivity index (χ1v) is 12.0. The van der Waals surface area contributed by atoms with Gasteiger partial charge < -0.3 is 4.57 Å². The first-order chi connectivity index (χ1) is 14.1. The predicted molar refractivity (Wildman–Crippen MR) is 122 cm³/mol. The number of rotatable bonds is 9. The highest BCUT2D eigenvalue weighted by Gasteiger charge is 2.39. The van der Waals surface area contributed by atoms with Crippen molar-refractivity contribution in [3.63, 3.8) is 0 Å². The van der Waals surface area contributed by atoms with Gasteiger partial charge in [-0.1, -0.05) is 56.3 Å². The summed E-state index contributed by atoms with van der Waals surface area (Å²) in [4.78, 5) is 14.9. The third-order valence-electron chi connectivity index (χ3n) is 7.24. The van der Waals surface area contributed by atoms with Gasteiger partial charge in [0.15, 0.2) is 5.78 Å². The van der Waals surface area contributed by atoms with Gasteiger partial charge in [-0.2, -0.15) is 0 Å². The fraction of sp³-hybridized carbons (Fsp3) is 0.640. The normalized spacial score (nSPS) is 24.4. The second-order valence-corrected chi connectivity index (χ2v) is 9.65. The number of benzene rings is 1. The molecule has 0 aliphatic carbocycles. The molecule has 4 rings (SSSR count). The molecule has 2 aliphatic heterocycles. The van der Waals surface area contributed by atoms with E-state index in [1.807, 2.05) is 24.4 Å². The number of piperidine rings is 1. The SMILES string of the molecule is CCCCC[C@H]1C[C@H]2CC[C@@H](C1)N2CCCn1cc(C(C)=O)c2cccc(Cl)c21. The minimum absolute atomic E-state index is 0.110. The molecule has 2 bridgehead atoms. The van der Waals surface area contributed by atoms with Crippen molar-refractivity contribution in [2.45, 2.75) is 90.3 Å². The molecule has 2 fully saturated rings. The van der Waals surface area contributed by atoms with Gasteiger partial charge in [0, 0.05) is 42.3 Å². The van der Waals surface area contributed by atoms with E-state index in [4.69, 9.17) is 11.6 Å². The molecule has 0 radical (unpaired) electrons. The number of nitrogens with zero attached hydrogens (tertiary/aromatic N) is 2. The van der Waals surface area contributed by atoms with Gasteiger partial charge in [-0.3, -0.25) is 9.69 Å². The Labute approximate surface area is 180 Å². The molecule has 4 heteroatoms. The summed E-state index contributed by atoms with van der Waals surface area (Å²) in [5.74, 6) is 1.07. The van der Waals surface area contributed by atoms with E-state index >= 15 is 0 Å². The first-order valence-electron chi connectivity index (χ1n) is 11.6. The predicted octanol–water partition coefficient (Wildman–Crippen LogP) is 6.71.